The van der Waals surface area contributed by atoms with Crippen LogP contribution in [0.4, 0.5) is 0 Å². The van der Waals surface area contributed by atoms with Gasteiger partial charge in [0.05, 0.1) is 12.7 Å². The van der Waals surface area contributed by atoms with E-state index in [4.69, 9.17) is 4.74 Å². The van der Waals surface area contributed by atoms with E-state index in [-0.39, 0.29) is 0 Å². The second-order valence-electron chi connectivity index (χ2n) is 6.30. The number of nitrogens with one attached hydrogen (secondary N) is 1. The van der Waals surface area contributed by atoms with Crippen LogP contribution < -0.4 is 5.32 Å². The minimum Gasteiger partial charge on any atom is -0.376 e. The molecule has 21 heavy (non-hydrogen) atoms. The van der Waals surface area contributed by atoms with Crippen molar-refractivity contribution in [2.24, 2.45) is 0 Å². The predicted molar refractivity (Wildman–Crippen MR) is 86.6 cm³/mol. The smallest absolute Gasteiger partial charge is 0.0700 e. The van der Waals surface area contributed by atoms with Gasteiger partial charge in [0.15, 0.2) is 0 Å². The van der Waals surface area contributed by atoms with Crippen LogP contribution in [0.15, 0.2) is 24.3 Å². The lowest BCUT2D eigenvalue weighted by molar-refractivity contribution is -0.0479. The van der Waals surface area contributed by atoms with Crippen molar-refractivity contribution in [3.63, 3.8) is 0 Å². The molecular weight excluding hydrogens is 260 g/mol. The number of fused-ring (bicyclic) bond motifs is 1. The Morgan fingerprint density at radius 2 is 2.14 bits per heavy atom. The van der Waals surface area contributed by atoms with Crippen LogP contribution in [-0.2, 0) is 11.2 Å². The maximum atomic E-state index is 5.85. The number of hydrogen-bond acceptors (Lipinski definition) is 3. The van der Waals surface area contributed by atoms with Crippen LogP contribution in [-0.4, -0.2) is 43.3 Å². The molecule has 0 amide bonds. The molecule has 0 bridgehead atoms. The summed E-state index contributed by atoms with van der Waals surface area (Å²) in [6.45, 7) is 8.59. The lowest BCUT2D eigenvalue weighted by Crippen LogP contribution is -2.51. The van der Waals surface area contributed by atoms with E-state index < -0.39 is 0 Å². The second-order valence-corrected chi connectivity index (χ2v) is 6.30. The van der Waals surface area contributed by atoms with Crippen LogP contribution >= 0.6 is 0 Å². The van der Waals surface area contributed by atoms with Gasteiger partial charge in [-0.2, -0.15) is 0 Å². The molecule has 0 spiro atoms. The van der Waals surface area contributed by atoms with Crippen molar-refractivity contribution in [2.45, 2.75) is 51.3 Å². The first kappa shape index (κ1) is 15.0. The zero-order valence-corrected chi connectivity index (χ0v) is 13.3. The fourth-order valence-electron chi connectivity index (χ4n) is 3.75. The molecule has 116 valence electrons. The number of rotatable bonds is 5. The van der Waals surface area contributed by atoms with Crippen molar-refractivity contribution < 1.29 is 4.74 Å². The molecule has 1 aromatic carbocycles. The van der Waals surface area contributed by atoms with Crippen molar-refractivity contribution in [2.75, 3.05) is 26.2 Å². The summed E-state index contributed by atoms with van der Waals surface area (Å²) in [7, 11) is 0. The van der Waals surface area contributed by atoms with Crippen LogP contribution in [0.1, 0.15) is 43.9 Å². The first-order valence-corrected chi connectivity index (χ1v) is 8.50. The summed E-state index contributed by atoms with van der Waals surface area (Å²) in [6.07, 6.45) is 3.89. The maximum absolute atomic E-state index is 5.85. The zero-order valence-electron chi connectivity index (χ0n) is 13.3. The van der Waals surface area contributed by atoms with E-state index in [9.17, 15) is 0 Å². The maximum Gasteiger partial charge on any atom is 0.0700 e. The standard InChI is InChI=1S/C18H28N2O/c1-3-9-19-18-16-8-6-5-7-14(16)12-17(18)20-10-11-21-15(4-2)13-20/h5-8,15,17-19H,3-4,9-13H2,1-2H3. The normalized spacial score (nSPS) is 29.5. The quantitative estimate of drug-likeness (QED) is 0.901. The van der Waals surface area contributed by atoms with Gasteiger partial charge >= 0.3 is 0 Å². The van der Waals surface area contributed by atoms with Crippen LogP contribution in [0, 0.1) is 0 Å². The number of ether oxygens (including phenoxy) is 1. The highest BCUT2D eigenvalue weighted by molar-refractivity contribution is 5.37. The van der Waals surface area contributed by atoms with Crippen molar-refractivity contribution in [1.82, 2.24) is 10.2 Å². The van der Waals surface area contributed by atoms with Gasteiger partial charge in [0.2, 0.25) is 0 Å². The molecule has 1 saturated heterocycles. The van der Waals surface area contributed by atoms with E-state index in [0.29, 0.717) is 18.2 Å². The lowest BCUT2D eigenvalue weighted by atomic mass is 10.0. The molecule has 3 unspecified atom stereocenters. The van der Waals surface area contributed by atoms with E-state index in [2.05, 4.69) is 48.3 Å². The fourth-order valence-corrected chi connectivity index (χ4v) is 3.75. The fraction of sp³-hybridized carbons (Fsp3) is 0.667. The monoisotopic (exact) mass is 288 g/mol. The molecule has 3 heteroatoms. The highest BCUT2D eigenvalue weighted by Gasteiger charge is 2.37. The number of morpholine rings is 1. The van der Waals surface area contributed by atoms with E-state index in [1.54, 1.807) is 0 Å². The van der Waals surface area contributed by atoms with Gasteiger partial charge in [0, 0.05) is 25.2 Å². The Bertz CT molecular complexity index is 462. The van der Waals surface area contributed by atoms with Gasteiger partial charge in [-0.25, -0.2) is 0 Å². The van der Waals surface area contributed by atoms with Crippen LogP contribution in [0.2, 0.25) is 0 Å². The Morgan fingerprint density at radius 1 is 1.29 bits per heavy atom. The van der Waals surface area contributed by atoms with Gasteiger partial charge in [0.1, 0.15) is 0 Å². The SMILES string of the molecule is CCCNC1c2ccccc2CC1N1CCOC(CC)C1. The van der Waals surface area contributed by atoms with Crippen molar-refractivity contribution in [3.05, 3.63) is 35.4 Å². The third kappa shape index (κ3) is 3.15. The molecule has 1 heterocycles. The molecule has 1 fully saturated rings. The second kappa shape index (κ2) is 6.91. The molecule has 3 rings (SSSR count). The number of benzene rings is 1. The molecular formula is C18H28N2O. The highest BCUT2D eigenvalue weighted by atomic mass is 16.5. The van der Waals surface area contributed by atoms with Crippen LogP contribution in [0.5, 0.6) is 0 Å². The molecule has 3 nitrogen and oxygen atoms in total. The van der Waals surface area contributed by atoms with Crippen molar-refractivity contribution >= 4 is 0 Å². The van der Waals surface area contributed by atoms with E-state index in [0.717, 1.165) is 32.7 Å². The average Bonchev–Trinajstić information content (AvgIpc) is 2.91. The summed E-state index contributed by atoms with van der Waals surface area (Å²) < 4.78 is 5.85. The molecule has 1 aromatic rings. The minimum absolute atomic E-state index is 0.411. The minimum atomic E-state index is 0.411. The summed E-state index contributed by atoms with van der Waals surface area (Å²) in [5.41, 5.74) is 3.03. The molecule has 0 radical (unpaired) electrons. The van der Waals surface area contributed by atoms with Gasteiger partial charge in [-0.3, -0.25) is 4.90 Å². The van der Waals surface area contributed by atoms with Gasteiger partial charge in [0.25, 0.3) is 0 Å². The molecule has 0 aromatic heterocycles. The van der Waals surface area contributed by atoms with Crippen LogP contribution in [0.25, 0.3) is 0 Å². The molecule has 0 saturated carbocycles. The topological polar surface area (TPSA) is 24.5 Å². The van der Waals surface area contributed by atoms with Crippen molar-refractivity contribution in [3.8, 4) is 0 Å². The van der Waals surface area contributed by atoms with Crippen molar-refractivity contribution in [1.29, 1.82) is 0 Å². The molecule has 1 N–H and O–H groups in total. The third-order valence-corrected chi connectivity index (χ3v) is 4.91. The Balaban J connectivity index is 1.77. The first-order chi connectivity index (χ1) is 10.3. The van der Waals surface area contributed by atoms with Gasteiger partial charge in [-0.05, 0) is 36.9 Å². The van der Waals surface area contributed by atoms with Gasteiger partial charge in [-0.15, -0.1) is 0 Å². The predicted octanol–water partition coefficient (Wildman–Crippen LogP) is 2.76. The van der Waals surface area contributed by atoms with E-state index in [1.807, 2.05) is 0 Å². The Hall–Kier alpha value is -0.900. The van der Waals surface area contributed by atoms with E-state index in [1.165, 1.54) is 24.0 Å². The van der Waals surface area contributed by atoms with Crippen LogP contribution in [0.3, 0.4) is 0 Å². The Kier molecular flexibility index (Phi) is 4.94. The van der Waals surface area contributed by atoms with Gasteiger partial charge in [-0.1, -0.05) is 38.1 Å². The largest absolute Gasteiger partial charge is 0.376 e. The summed E-state index contributed by atoms with van der Waals surface area (Å²) >= 11 is 0. The molecule has 2 aliphatic rings. The highest BCUT2D eigenvalue weighted by Crippen LogP contribution is 2.35. The first-order valence-electron chi connectivity index (χ1n) is 8.50. The van der Waals surface area contributed by atoms with Gasteiger partial charge < -0.3 is 10.1 Å². The summed E-state index contributed by atoms with van der Waals surface area (Å²) in [5, 5.41) is 3.79. The third-order valence-electron chi connectivity index (χ3n) is 4.91. The summed E-state index contributed by atoms with van der Waals surface area (Å²) in [6, 6.07) is 10.0. The molecule has 1 aliphatic carbocycles. The average molecular weight is 288 g/mol. The van der Waals surface area contributed by atoms with E-state index >= 15 is 0 Å². The molecule has 3 atom stereocenters. The zero-order chi connectivity index (χ0) is 14.7. The Labute approximate surface area is 128 Å². The Morgan fingerprint density at radius 3 is 2.95 bits per heavy atom. The number of nitrogens with zero attached hydrogens (tertiary/aromatic N) is 1. The summed E-state index contributed by atoms with van der Waals surface area (Å²) in [4.78, 5) is 2.66. The summed E-state index contributed by atoms with van der Waals surface area (Å²) in [5.74, 6) is 0. The lowest BCUT2D eigenvalue weighted by Gasteiger charge is -2.39. The molecule has 1 aliphatic heterocycles. The number of hydrogen-bond donors (Lipinski definition) is 1.